The van der Waals surface area contributed by atoms with Crippen LogP contribution in [0.5, 0.6) is 0 Å². The lowest BCUT2D eigenvalue weighted by Gasteiger charge is -2.23. The Balaban J connectivity index is 2.43. The van der Waals surface area contributed by atoms with E-state index in [2.05, 4.69) is 19.1 Å². The highest BCUT2D eigenvalue weighted by molar-refractivity contribution is 4.93. The third-order valence-corrected chi connectivity index (χ3v) is 2.22. The van der Waals surface area contributed by atoms with E-state index >= 15 is 0 Å². The minimum absolute atomic E-state index is 0.745. The van der Waals surface area contributed by atoms with E-state index in [1.807, 2.05) is 0 Å². The highest BCUT2D eigenvalue weighted by Gasteiger charge is 2.15. The van der Waals surface area contributed by atoms with Crippen molar-refractivity contribution >= 4 is 0 Å². The van der Waals surface area contributed by atoms with E-state index in [0.717, 1.165) is 18.3 Å². The van der Waals surface area contributed by atoms with Crippen molar-refractivity contribution in [1.82, 2.24) is 0 Å². The summed E-state index contributed by atoms with van der Waals surface area (Å²) >= 11 is 0. The SMILES string of the molecule is [CH]CC1CC=CCC1C. The van der Waals surface area contributed by atoms with Crippen LogP contribution in [0, 0.1) is 18.8 Å². The van der Waals surface area contributed by atoms with Crippen molar-refractivity contribution in [3.63, 3.8) is 0 Å². The second-order valence-electron chi connectivity index (χ2n) is 2.92. The third-order valence-electron chi connectivity index (χ3n) is 2.22. The molecule has 0 heteroatoms. The summed E-state index contributed by atoms with van der Waals surface area (Å²) in [5.41, 5.74) is 0. The van der Waals surface area contributed by atoms with Crippen LogP contribution in [-0.4, -0.2) is 0 Å². The molecule has 1 rings (SSSR count). The zero-order valence-electron chi connectivity index (χ0n) is 6.01. The van der Waals surface area contributed by atoms with Crippen molar-refractivity contribution in [1.29, 1.82) is 0 Å². The Hall–Kier alpha value is -0.260. The van der Waals surface area contributed by atoms with Crippen LogP contribution in [-0.2, 0) is 0 Å². The molecule has 2 radical (unpaired) electrons. The standard InChI is InChI=1S/C9H14/c1-3-9-7-5-4-6-8(9)2/h1,4-5,8-9H,3,6-7H2,2H3. The van der Waals surface area contributed by atoms with Gasteiger partial charge in [0.15, 0.2) is 0 Å². The maximum absolute atomic E-state index is 5.56. The largest absolute Gasteiger partial charge is 0.0883 e. The lowest BCUT2D eigenvalue weighted by molar-refractivity contribution is 0.351. The number of hydrogen-bond donors (Lipinski definition) is 0. The Labute approximate surface area is 58.0 Å². The van der Waals surface area contributed by atoms with Gasteiger partial charge in [-0.15, -0.1) is 0 Å². The fraction of sp³-hybridized carbons (Fsp3) is 0.667. The number of hydrogen-bond acceptors (Lipinski definition) is 0. The van der Waals surface area contributed by atoms with Gasteiger partial charge in [-0.1, -0.05) is 19.1 Å². The first-order valence-electron chi connectivity index (χ1n) is 3.69. The van der Waals surface area contributed by atoms with Gasteiger partial charge in [-0.05, 0) is 38.0 Å². The predicted molar refractivity (Wildman–Crippen MR) is 39.9 cm³/mol. The van der Waals surface area contributed by atoms with Crippen LogP contribution in [0.15, 0.2) is 12.2 Å². The first-order chi connectivity index (χ1) is 4.34. The Kier molecular flexibility index (Phi) is 2.32. The smallest absolute Gasteiger partial charge is 0.0319 e. The number of allylic oxidation sites excluding steroid dienone is 2. The molecular formula is C9H14. The molecule has 0 aromatic heterocycles. The van der Waals surface area contributed by atoms with Crippen LogP contribution in [0.4, 0.5) is 0 Å². The highest BCUT2D eigenvalue weighted by Crippen LogP contribution is 2.26. The van der Waals surface area contributed by atoms with E-state index in [0.29, 0.717) is 0 Å². The first kappa shape index (κ1) is 6.85. The lowest BCUT2D eigenvalue weighted by atomic mass is 9.83. The molecule has 0 bridgehead atoms. The van der Waals surface area contributed by atoms with Crippen LogP contribution in [0.25, 0.3) is 0 Å². The summed E-state index contributed by atoms with van der Waals surface area (Å²) in [4.78, 5) is 0. The van der Waals surface area contributed by atoms with Gasteiger partial charge in [-0.25, -0.2) is 0 Å². The Morgan fingerprint density at radius 2 is 2.11 bits per heavy atom. The van der Waals surface area contributed by atoms with Gasteiger partial charge in [0.1, 0.15) is 0 Å². The molecule has 0 spiro atoms. The molecule has 2 atom stereocenters. The first-order valence-corrected chi connectivity index (χ1v) is 3.69. The quantitative estimate of drug-likeness (QED) is 0.469. The lowest BCUT2D eigenvalue weighted by Crippen LogP contribution is -2.12. The molecule has 0 aromatic carbocycles. The van der Waals surface area contributed by atoms with Crippen LogP contribution in [0.2, 0.25) is 0 Å². The van der Waals surface area contributed by atoms with Gasteiger partial charge in [0.05, 0.1) is 0 Å². The van der Waals surface area contributed by atoms with E-state index in [1.54, 1.807) is 0 Å². The van der Waals surface area contributed by atoms with E-state index in [-0.39, 0.29) is 0 Å². The molecule has 0 aromatic rings. The average Bonchev–Trinajstić information content (AvgIpc) is 1.89. The molecule has 0 saturated heterocycles. The third kappa shape index (κ3) is 1.57. The van der Waals surface area contributed by atoms with Gasteiger partial charge in [0, 0.05) is 0 Å². The van der Waals surface area contributed by atoms with Gasteiger partial charge < -0.3 is 0 Å². The van der Waals surface area contributed by atoms with Crippen molar-refractivity contribution in [3.8, 4) is 0 Å². The van der Waals surface area contributed by atoms with E-state index in [1.165, 1.54) is 12.8 Å². The van der Waals surface area contributed by atoms with Crippen LogP contribution in [0.1, 0.15) is 26.2 Å². The molecule has 0 fully saturated rings. The average molecular weight is 122 g/mol. The van der Waals surface area contributed by atoms with Gasteiger partial charge in [0.25, 0.3) is 0 Å². The predicted octanol–water partition coefficient (Wildman–Crippen LogP) is 2.69. The summed E-state index contributed by atoms with van der Waals surface area (Å²) in [5.74, 6) is 1.55. The van der Waals surface area contributed by atoms with Crippen molar-refractivity contribution in [3.05, 3.63) is 19.1 Å². The minimum Gasteiger partial charge on any atom is -0.0883 e. The van der Waals surface area contributed by atoms with Gasteiger partial charge in [-0.2, -0.15) is 0 Å². The monoisotopic (exact) mass is 122 g/mol. The van der Waals surface area contributed by atoms with Crippen molar-refractivity contribution in [2.45, 2.75) is 26.2 Å². The van der Waals surface area contributed by atoms with Crippen molar-refractivity contribution in [2.75, 3.05) is 0 Å². The molecule has 0 N–H and O–H groups in total. The maximum Gasteiger partial charge on any atom is -0.0319 e. The maximum atomic E-state index is 5.56. The topological polar surface area (TPSA) is 0 Å². The second kappa shape index (κ2) is 3.05. The molecule has 1 aliphatic carbocycles. The summed E-state index contributed by atoms with van der Waals surface area (Å²) in [6, 6.07) is 0. The van der Waals surface area contributed by atoms with Crippen LogP contribution >= 0.6 is 0 Å². The fourth-order valence-corrected chi connectivity index (χ4v) is 1.34. The minimum atomic E-state index is 0.745. The normalized spacial score (nSPS) is 34.9. The summed E-state index contributed by atoms with van der Waals surface area (Å²) in [6.45, 7) is 7.84. The fourth-order valence-electron chi connectivity index (χ4n) is 1.34. The molecule has 0 heterocycles. The second-order valence-corrected chi connectivity index (χ2v) is 2.92. The van der Waals surface area contributed by atoms with E-state index in [4.69, 9.17) is 6.92 Å². The van der Waals surface area contributed by atoms with E-state index < -0.39 is 0 Å². The Bertz CT molecular complexity index is 103. The molecule has 0 nitrogen and oxygen atoms in total. The van der Waals surface area contributed by atoms with Crippen molar-refractivity contribution in [2.24, 2.45) is 11.8 Å². The zero-order valence-corrected chi connectivity index (χ0v) is 6.01. The summed E-state index contributed by atoms with van der Waals surface area (Å²) in [7, 11) is 0. The van der Waals surface area contributed by atoms with Gasteiger partial charge in [-0.3, -0.25) is 0 Å². The van der Waals surface area contributed by atoms with Crippen LogP contribution in [0.3, 0.4) is 0 Å². The van der Waals surface area contributed by atoms with Crippen LogP contribution < -0.4 is 0 Å². The summed E-state index contributed by atoms with van der Waals surface area (Å²) in [5, 5.41) is 0. The van der Waals surface area contributed by atoms with E-state index in [9.17, 15) is 0 Å². The molecule has 9 heavy (non-hydrogen) atoms. The molecule has 0 aliphatic heterocycles. The van der Waals surface area contributed by atoms with Gasteiger partial charge in [0.2, 0.25) is 0 Å². The molecule has 0 amide bonds. The summed E-state index contributed by atoms with van der Waals surface area (Å²) < 4.78 is 0. The molecule has 1 aliphatic rings. The molecule has 2 unspecified atom stereocenters. The number of rotatable bonds is 1. The van der Waals surface area contributed by atoms with Gasteiger partial charge >= 0.3 is 0 Å². The van der Waals surface area contributed by atoms with Crippen molar-refractivity contribution < 1.29 is 0 Å². The summed E-state index contributed by atoms with van der Waals surface area (Å²) in [6.07, 6.45) is 7.78. The molecule has 50 valence electrons. The molecule has 0 saturated carbocycles. The Morgan fingerprint density at radius 1 is 1.44 bits per heavy atom. The Morgan fingerprint density at radius 3 is 2.56 bits per heavy atom. The zero-order chi connectivity index (χ0) is 6.69. The molecular weight excluding hydrogens is 108 g/mol. The highest BCUT2D eigenvalue weighted by atomic mass is 14.2.